The molecule has 0 spiro atoms. The lowest BCUT2D eigenvalue weighted by Gasteiger charge is -1.70. The van der Waals surface area contributed by atoms with Gasteiger partial charge in [-0.15, -0.1) is 0 Å². The first-order valence-electron chi connectivity index (χ1n) is 1.66. The number of hydrogen-bond acceptors (Lipinski definition) is 0. The molecule has 62 valence electrons. The maximum absolute atomic E-state index is 10.7. The van der Waals surface area contributed by atoms with Crippen LogP contribution in [0.5, 0.6) is 0 Å². The van der Waals surface area contributed by atoms with E-state index in [4.69, 9.17) is 34.8 Å². The SMILES string of the molecule is ClC(Cl)Cl.FC(F)=C(F)Cl. The summed E-state index contributed by atoms with van der Waals surface area (Å²) in [4.78, 5) is 0. The van der Waals surface area contributed by atoms with Gasteiger partial charge in [0.1, 0.15) is 0 Å². The summed E-state index contributed by atoms with van der Waals surface area (Å²) in [5, 5.41) is -1.94. The van der Waals surface area contributed by atoms with Crippen LogP contribution in [0, 0.1) is 0 Å². The van der Waals surface area contributed by atoms with Crippen LogP contribution in [0.2, 0.25) is 0 Å². The average Bonchev–Trinajstić information content (AvgIpc) is 1.63. The summed E-state index contributed by atoms with van der Waals surface area (Å²) in [6.07, 6.45) is -2.48. The number of rotatable bonds is 0. The van der Waals surface area contributed by atoms with Crippen LogP contribution in [0.3, 0.4) is 0 Å². The maximum atomic E-state index is 10.7. The molecule has 0 aromatic heterocycles. The lowest BCUT2D eigenvalue weighted by molar-refractivity contribution is 0.393. The molecule has 7 heteroatoms. The van der Waals surface area contributed by atoms with Gasteiger partial charge in [-0.1, -0.05) is 34.8 Å². The van der Waals surface area contributed by atoms with Crippen LogP contribution >= 0.6 is 46.4 Å². The van der Waals surface area contributed by atoms with Gasteiger partial charge in [0.25, 0.3) is 5.29 Å². The third-order valence-electron chi connectivity index (χ3n) is 0.143. The van der Waals surface area contributed by atoms with Crippen LogP contribution in [0.4, 0.5) is 13.2 Å². The van der Waals surface area contributed by atoms with Gasteiger partial charge in [0.2, 0.25) is 0 Å². The van der Waals surface area contributed by atoms with Crippen molar-refractivity contribution in [2.75, 3.05) is 0 Å². The van der Waals surface area contributed by atoms with E-state index in [1.165, 1.54) is 0 Å². The topological polar surface area (TPSA) is 0 Å². The number of alkyl halides is 3. The van der Waals surface area contributed by atoms with Crippen molar-refractivity contribution in [3.05, 3.63) is 11.4 Å². The molecular formula is C3HCl4F3. The van der Waals surface area contributed by atoms with E-state index in [1.54, 1.807) is 0 Å². The number of halogens is 7. The van der Waals surface area contributed by atoms with Gasteiger partial charge in [0, 0.05) is 0 Å². The average molecular weight is 236 g/mol. The van der Waals surface area contributed by atoms with Crippen molar-refractivity contribution in [2.45, 2.75) is 4.30 Å². The molecule has 0 heterocycles. The highest BCUT2D eigenvalue weighted by Gasteiger charge is 1.95. The Labute approximate surface area is 75.5 Å². The predicted octanol–water partition coefficient (Wildman–Crippen LogP) is 4.25. The second-order valence-corrected chi connectivity index (χ2v) is 3.08. The van der Waals surface area contributed by atoms with Crippen molar-refractivity contribution in [2.24, 2.45) is 0 Å². The molecule has 0 atom stereocenters. The van der Waals surface area contributed by atoms with Crippen LogP contribution < -0.4 is 0 Å². The van der Waals surface area contributed by atoms with Crippen molar-refractivity contribution in [3.63, 3.8) is 0 Å². The Morgan fingerprint density at radius 1 is 1.00 bits per heavy atom. The Kier molecular flexibility index (Phi) is 10.4. The minimum absolute atomic E-state index is 0.750. The van der Waals surface area contributed by atoms with E-state index >= 15 is 0 Å². The molecule has 0 amide bonds. The molecule has 0 saturated carbocycles. The van der Waals surface area contributed by atoms with Crippen molar-refractivity contribution in [1.29, 1.82) is 0 Å². The summed E-state index contributed by atoms with van der Waals surface area (Å²) < 4.78 is 31.0. The summed E-state index contributed by atoms with van der Waals surface area (Å²) in [5.74, 6) is 0. The largest absolute Gasteiger partial charge is 0.317 e. The van der Waals surface area contributed by atoms with Crippen LogP contribution in [0.1, 0.15) is 0 Å². The standard InChI is InChI=1S/C2ClF3.CHCl3/c3-1(4)2(5)6;2-1(3)4/h;1H. The lowest BCUT2D eigenvalue weighted by Crippen LogP contribution is -1.55. The molecule has 0 N–H and O–H groups in total. The maximum Gasteiger partial charge on any atom is 0.317 e. The highest BCUT2D eigenvalue weighted by molar-refractivity contribution is 6.63. The van der Waals surface area contributed by atoms with Gasteiger partial charge in [0.05, 0.1) is 0 Å². The van der Waals surface area contributed by atoms with Gasteiger partial charge in [-0.05, 0) is 11.6 Å². The third-order valence-corrected chi connectivity index (χ3v) is 0.286. The van der Waals surface area contributed by atoms with Gasteiger partial charge in [0.15, 0.2) is 4.30 Å². The van der Waals surface area contributed by atoms with Crippen LogP contribution in [0.25, 0.3) is 0 Å². The Morgan fingerprint density at radius 3 is 1.10 bits per heavy atom. The molecule has 0 aliphatic carbocycles. The van der Waals surface area contributed by atoms with Gasteiger partial charge >= 0.3 is 6.08 Å². The highest BCUT2D eigenvalue weighted by Crippen LogP contribution is 2.11. The van der Waals surface area contributed by atoms with E-state index in [1.807, 2.05) is 0 Å². The van der Waals surface area contributed by atoms with Gasteiger partial charge in [-0.3, -0.25) is 0 Å². The fourth-order valence-corrected chi connectivity index (χ4v) is 0. The lowest BCUT2D eigenvalue weighted by atomic mass is 11.1. The first kappa shape index (κ1) is 13.3. The molecule has 0 nitrogen and oxygen atoms in total. The van der Waals surface area contributed by atoms with E-state index in [-0.39, 0.29) is 0 Å². The van der Waals surface area contributed by atoms with E-state index < -0.39 is 15.7 Å². The van der Waals surface area contributed by atoms with Gasteiger partial charge in [-0.2, -0.15) is 13.2 Å². The van der Waals surface area contributed by atoms with Crippen molar-refractivity contribution in [1.82, 2.24) is 0 Å². The molecular weight excluding hydrogens is 235 g/mol. The zero-order valence-corrected chi connectivity index (χ0v) is 7.25. The first-order valence-corrected chi connectivity index (χ1v) is 3.35. The molecule has 0 rings (SSSR count). The van der Waals surface area contributed by atoms with Crippen molar-refractivity contribution < 1.29 is 13.2 Å². The quantitative estimate of drug-likeness (QED) is 0.551. The summed E-state index contributed by atoms with van der Waals surface area (Å²) in [6, 6.07) is 0. The summed E-state index contributed by atoms with van der Waals surface area (Å²) >= 11 is 18.5. The molecule has 0 bridgehead atoms. The monoisotopic (exact) mass is 234 g/mol. The Bertz CT molecular complexity index is 91.6. The third kappa shape index (κ3) is 23.4. The summed E-state index contributed by atoms with van der Waals surface area (Å²) in [6.45, 7) is 0. The molecule has 0 aromatic rings. The number of hydrogen-bond donors (Lipinski definition) is 0. The van der Waals surface area contributed by atoms with Gasteiger partial charge < -0.3 is 0 Å². The van der Waals surface area contributed by atoms with E-state index in [9.17, 15) is 13.2 Å². The first-order chi connectivity index (χ1) is 4.37. The molecule has 0 unspecified atom stereocenters. The molecule has 0 aliphatic heterocycles. The van der Waals surface area contributed by atoms with Crippen LogP contribution in [0.15, 0.2) is 11.4 Å². The summed E-state index contributed by atoms with van der Waals surface area (Å²) in [7, 11) is 0. The predicted molar refractivity (Wildman–Crippen MR) is 37.6 cm³/mol. The van der Waals surface area contributed by atoms with Crippen molar-refractivity contribution in [3.8, 4) is 0 Å². The molecule has 0 saturated heterocycles. The van der Waals surface area contributed by atoms with Crippen molar-refractivity contribution >= 4 is 46.4 Å². The highest BCUT2D eigenvalue weighted by atomic mass is 35.6. The Balaban J connectivity index is 0. The zero-order valence-electron chi connectivity index (χ0n) is 4.22. The Hall–Kier alpha value is 0.690. The molecule has 0 radical (unpaired) electrons. The molecule has 10 heavy (non-hydrogen) atoms. The minimum atomic E-state index is -2.48. The molecule has 0 aromatic carbocycles. The van der Waals surface area contributed by atoms with E-state index in [2.05, 4.69) is 11.6 Å². The fourth-order valence-electron chi connectivity index (χ4n) is 0. The minimum Gasteiger partial charge on any atom is -0.188 e. The fraction of sp³-hybridized carbons (Fsp3) is 0.333. The van der Waals surface area contributed by atoms with E-state index in [0.717, 1.165) is 0 Å². The zero-order chi connectivity index (χ0) is 8.73. The smallest absolute Gasteiger partial charge is 0.188 e. The molecule has 0 aliphatic rings. The second-order valence-electron chi connectivity index (χ2n) is 0.768. The second kappa shape index (κ2) is 7.79. The van der Waals surface area contributed by atoms with E-state index in [0.29, 0.717) is 0 Å². The van der Waals surface area contributed by atoms with Gasteiger partial charge in [-0.25, -0.2) is 0 Å². The summed E-state index contributed by atoms with van der Waals surface area (Å²) in [5.41, 5.74) is 0. The molecule has 0 fully saturated rings. The van der Waals surface area contributed by atoms with Crippen LogP contribution in [-0.2, 0) is 0 Å². The normalized spacial score (nSPS) is 8.40. The Morgan fingerprint density at radius 2 is 1.10 bits per heavy atom. The van der Waals surface area contributed by atoms with Crippen LogP contribution in [-0.4, -0.2) is 4.30 Å².